The van der Waals surface area contributed by atoms with E-state index in [0.29, 0.717) is 18.4 Å². The molecule has 4 fully saturated rings. The number of ether oxygens (including phenoxy) is 2. The number of carbonyl (C=O) groups is 1. The van der Waals surface area contributed by atoms with Gasteiger partial charge in [-0.2, -0.15) is 0 Å². The zero-order valence-electron chi connectivity index (χ0n) is 16.2. The molecule has 1 aromatic rings. The molecule has 0 aliphatic heterocycles. The quantitative estimate of drug-likeness (QED) is 0.845. The number of carbonyl (C=O) groups excluding carboxylic acids is 1. The Morgan fingerprint density at radius 1 is 1.15 bits per heavy atom. The fraction of sp³-hybridized carbons (Fsp3) is 0.682. The lowest BCUT2D eigenvalue weighted by molar-refractivity contribution is -0.150. The third-order valence-electron chi connectivity index (χ3n) is 7.04. The number of hydrogen-bond acceptors (Lipinski definition) is 3. The molecular weight excluding hydrogens is 326 g/mol. The predicted molar refractivity (Wildman–Crippen MR) is 101 cm³/mol. The average Bonchev–Trinajstić information content (AvgIpc) is 2.61. The summed E-state index contributed by atoms with van der Waals surface area (Å²) in [5, 5.41) is 3.24. The Morgan fingerprint density at radius 2 is 1.81 bits per heavy atom. The van der Waals surface area contributed by atoms with Gasteiger partial charge in [-0.15, -0.1) is 0 Å². The maximum absolute atomic E-state index is 13.3. The highest BCUT2D eigenvalue weighted by molar-refractivity contribution is 5.83. The van der Waals surface area contributed by atoms with Gasteiger partial charge < -0.3 is 14.8 Å². The van der Waals surface area contributed by atoms with E-state index in [-0.39, 0.29) is 22.8 Å². The molecule has 0 aromatic heterocycles. The van der Waals surface area contributed by atoms with Gasteiger partial charge in [-0.25, -0.2) is 0 Å². The molecule has 2 unspecified atom stereocenters. The van der Waals surface area contributed by atoms with Gasteiger partial charge in [-0.1, -0.05) is 12.1 Å². The molecule has 26 heavy (non-hydrogen) atoms. The topological polar surface area (TPSA) is 47.6 Å². The largest absolute Gasteiger partial charge is 0.497 e. The molecule has 0 radical (unpaired) electrons. The van der Waals surface area contributed by atoms with E-state index in [9.17, 15) is 4.79 Å². The molecular formula is C22H31NO3. The van der Waals surface area contributed by atoms with Gasteiger partial charge >= 0.3 is 0 Å². The van der Waals surface area contributed by atoms with Crippen LogP contribution < -0.4 is 10.1 Å². The highest BCUT2D eigenvalue weighted by Gasteiger charge is 2.60. The van der Waals surface area contributed by atoms with Crippen LogP contribution in [-0.4, -0.2) is 32.8 Å². The van der Waals surface area contributed by atoms with Gasteiger partial charge in [0.05, 0.1) is 19.1 Å². The van der Waals surface area contributed by atoms with Crippen molar-refractivity contribution in [1.29, 1.82) is 0 Å². The summed E-state index contributed by atoms with van der Waals surface area (Å²) in [5.74, 6) is 2.53. The minimum absolute atomic E-state index is 0.0671. The summed E-state index contributed by atoms with van der Waals surface area (Å²) < 4.78 is 10.5. The molecule has 5 rings (SSSR count). The summed E-state index contributed by atoms with van der Waals surface area (Å²) in [4.78, 5) is 13.3. The molecule has 1 amide bonds. The molecule has 1 aromatic carbocycles. The van der Waals surface area contributed by atoms with E-state index in [2.05, 4.69) is 29.6 Å². The van der Waals surface area contributed by atoms with Gasteiger partial charge in [0.25, 0.3) is 0 Å². The highest BCUT2D eigenvalue weighted by atomic mass is 16.5. The zero-order chi connectivity index (χ0) is 18.4. The Labute approximate surface area is 156 Å². The average molecular weight is 357 g/mol. The summed E-state index contributed by atoms with van der Waals surface area (Å²) in [6.07, 6.45) is 6.89. The Bertz CT molecular complexity index is 654. The second-order valence-corrected chi connectivity index (χ2v) is 9.08. The van der Waals surface area contributed by atoms with Gasteiger partial charge in [0.15, 0.2) is 0 Å². The van der Waals surface area contributed by atoms with E-state index >= 15 is 0 Å². The van der Waals surface area contributed by atoms with Crippen LogP contribution in [0.25, 0.3) is 0 Å². The van der Waals surface area contributed by atoms with Crippen molar-refractivity contribution in [1.82, 2.24) is 5.32 Å². The molecule has 4 bridgehead atoms. The van der Waals surface area contributed by atoms with E-state index in [1.807, 2.05) is 6.92 Å². The number of rotatable bonds is 6. The zero-order valence-corrected chi connectivity index (χ0v) is 16.2. The minimum Gasteiger partial charge on any atom is -0.497 e. The van der Waals surface area contributed by atoms with Crippen molar-refractivity contribution in [2.24, 2.45) is 17.3 Å². The van der Waals surface area contributed by atoms with E-state index < -0.39 is 0 Å². The fourth-order valence-electron chi connectivity index (χ4n) is 6.48. The number of hydrogen-bond donors (Lipinski definition) is 1. The molecule has 1 N–H and O–H groups in total. The lowest BCUT2D eigenvalue weighted by atomic mass is 9.42. The van der Waals surface area contributed by atoms with Crippen LogP contribution in [0.5, 0.6) is 5.75 Å². The third kappa shape index (κ3) is 2.92. The van der Waals surface area contributed by atoms with Crippen molar-refractivity contribution in [2.75, 3.05) is 20.8 Å². The summed E-state index contributed by atoms with van der Waals surface area (Å²) in [6.45, 7) is 2.60. The van der Waals surface area contributed by atoms with Gasteiger partial charge in [0.2, 0.25) is 5.91 Å². The van der Waals surface area contributed by atoms with E-state index in [0.717, 1.165) is 25.0 Å². The van der Waals surface area contributed by atoms with E-state index in [4.69, 9.17) is 9.47 Å². The first-order valence-electron chi connectivity index (χ1n) is 9.93. The highest BCUT2D eigenvalue weighted by Crippen LogP contribution is 2.65. The van der Waals surface area contributed by atoms with Crippen molar-refractivity contribution in [3.63, 3.8) is 0 Å². The molecule has 0 heterocycles. The number of benzene rings is 1. The molecule has 4 nitrogen and oxygen atoms in total. The fourth-order valence-corrected chi connectivity index (χ4v) is 6.48. The Kier molecular flexibility index (Phi) is 4.50. The maximum Gasteiger partial charge on any atom is 0.226 e. The SMILES string of the molecule is COC[C@H](C)NC(=O)C12C[C@H]3C[C@@H](C1)CC(c1ccc(OC)cc1)(C3)C2. The van der Waals surface area contributed by atoms with E-state index in [1.165, 1.54) is 24.8 Å². The van der Waals surface area contributed by atoms with Gasteiger partial charge in [0.1, 0.15) is 5.75 Å². The van der Waals surface area contributed by atoms with Crippen LogP contribution >= 0.6 is 0 Å². The van der Waals surface area contributed by atoms with Crippen molar-refractivity contribution in [2.45, 2.75) is 56.9 Å². The van der Waals surface area contributed by atoms with Crippen LogP contribution in [0.4, 0.5) is 0 Å². The monoisotopic (exact) mass is 357 g/mol. The molecule has 142 valence electrons. The van der Waals surface area contributed by atoms with Crippen LogP contribution in [0, 0.1) is 17.3 Å². The van der Waals surface area contributed by atoms with Gasteiger partial charge in [-0.3, -0.25) is 4.79 Å². The van der Waals surface area contributed by atoms with E-state index in [1.54, 1.807) is 14.2 Å². The van der Waals surface area contributed by atoms with Gasteiger partial charge in [0, 0.05) is 13.2 Å². The van der Waals surface area contributed by atoms with Crippen LogP contribution in [-0.2, 0) is 14.9 Å². The number of methoxy groups -OCH3 is 2. The summed E-state index contributed by atoms with van der Waals surface area (Å²) in [5.41, 5.74) is 1.37. The first-order valence-corrected chi connectivity index (χ1v) is 9.93. The van der Waals surface area contributed by atoms with Gasteiger partial charge in [-0.05, 0) is 80.4 Å². The second kappa shape index (κ2) is 6.56. The summed E-state index contributed by atoms with van der Waals surface area (Å²) >= 11 is 0. The Morgan fingerprint density at radius 3 is 2.38 bits per heavy atom. The Balaban J connectivity index is 1.61. The van der Waals surface area contributed by atoms with Crippen LogP contribution in [0.2, 0.25) is 0 Å². The Hall–Kier alpha value is -1.55. The van der Waals surface area contributed by atoms with Crippen LogP contribution in [0.15, 0.2) is 24.3 Å². The molecule has 0 saturated heterocycles. The first-order chi connectivity index (χ1) is 12.5. The molecule has 4 heteroatoms. The smallest absolute Gasteiger partial charge is 0.226 e. The number of nitrogens with one attached hydrogen (secondary N) is 1. The summed E-state index contributed by atoms with van der Waals surface area (Å²) in [6, 6.07) is 8.66. The lowest BCUT2D eigenvalue weighted by Gasteiger charge is -2.61. The maximum atomic E-state index is 13.3. The molecule has 0 spiro atoms. The van der Waals surface area contributed by atoms with Crippen molar-refractivity contribution < 1.29 is 14.3 Å². The molecule has 4 aliphatic rings. The lowest BCUT2D eigenvalue weighted by Crippen LogP contribution is -2.60. The normalized spacial score (nSPS) is 36.0. The molecule has 5 atom stereocenters. The third-order valence-corrected chi connectivity index (χ3v) is 7.04. The van der Waals surface area contributed by atoms with Crippen molar-refractivity contribution in [3.05, 3.63) is 29.8 Å². The van der Waals surface area contributed by atoms with Crippen molar-refractivity contribution >= 4 is 5.91 Å². The summed E-state index contributed by atoms with van der Waals surface area (Å²) in [7, 11) is 3.40. The van der Waals surface area contributed by atoms with Crippen LogP contribution in [0.1, 0.15) is 51.0 Å². The molecule has 4 saturated carbocycles. The minimum atomic E-state index is -0.188. The number of amides is 1. The molecule has 4 aliphatic carbocycles. The van der Waals surface area contributed by atoms with Crippen molar-refractivity contribution in [3.8, 4) is 5.75 Å². The predicted octanol–water partition coefficient (Wildman–Crippen LogP) is 3.68. The standard InChI is InChI=1S/C22H31NO3/c1-15(13-25-2)23-20(24)22-11-16-8-17(12-22)10-21(9-16,14-22)18-4-6-19(26-3)7-5-18/h4-7,15-17H,8-14H2,1-3H3,(H,23,24)/t15-,16-,17+,21?,22?/m0/s1. The second-order valence-electron chi connectivity index (χ2n) is 9.08. The first kappa shape index (κ1) is 17.8. The van der Waals surface area contributed by atoms with Crippen LogP contribution in [0.3, 0.4) is 0 Å².